The van der Waals surface area contributed by atoms with Crippen LogP contribution in [0.15, 0.2) is 45.8 Å². The van der Waals surface area contributed by atoms with Crippen LogP contribution in [0.25, 0.3) is 0 Å². The number of aryl methyl sites for hydroxylation is 1. The summed E-state index contributed by atoms with van der Waals surface area (Å²) in [6.07, 6.45) is 2.25. The normalized spacial score (nSPS) is 12.6. The Morgan fingerprint density at radius 3 is 2.60 bits per heavy atom. The van der Waals surface area contributed by atoms with E-state index in [0.29, 0.717) is 6.04 Å². The number of likely N-dealkylation sites (N-methyl/N-ethyl adjacent to an activating group) is 1. The maximum absolute atomic E-state index is 3.61. The van der Waals surface area contributed by atoms with Crippen molar-refractivity contribution in [3.05, 3.63) is 50.6 Å². The Balaban J connectivity index is 1.91. The van der Waals surface area contributed by atoms with Crippen LogP contribution in [-0.4, -0.2) is 18.8 Å². The summed E-state index contributed by atoms with van der Waals surface area (Å²) in [4.78, 5) is 4.27. The molecule has 2 rings (SSSR count). The molecule has 1 N–H and O–H groups in total. The molecule has 0 bridgehead atoms. The average Bonchev–Trinajstić information content (AvgIpc) is 2.92. The van der Waals surface area contributed by atoms with Gasteiger partial charge >= 0.3 is 0 Å². The Bertz CT molecular complexity index is 539. The van der Waals surface area contributed by atoms with Crippen molar-refractivity contribution in [3.8, 4) is 0 Å². The van der Waals surface area contributed by atoms with E-state index >= 15 is 0 Å². The molecule has 0 aliphatic rings. The zero-order valence-corrected chi connectivity index (χ0v) is 15.1. The van der Waals surface area contributed by atoms with Gasteiger partial charge in [0, 0.05) is 30.9 Å². The van der Waals surface area contributed by atoms with Crippen molar-refractivity contribution in [1.82, 2.24) is 5.32 Å². The number of benzene rings is 1. The van der Waals surface area contributed by atoms with E-state index in [2.05, 4.69) is 71.6 Å². The van der Waals surface area contributed by atoms with Crippen molar-refractivity contribution in [2.75, 3.05) is 12.8 Å². The number of hydrogen-bond acceptors (Lipinski definition) is 3. The Kier molecular flexibility index (Phi) is 6.62. The van der Waals surface area contributed by atoms with Gasteiger partial charge in [0.25, 0.3) is 0 Å². The summed E-state index contributed by atoms with van der Waals surface area (Å²) in [5, 5.41) is 3.44. The van der Waals surface area contributed by atoms with Crippen LogP contribution in [0, 0.1) is 0 Å². The number of hydrogen-bond donors (Lipinski definition) is 1. The van der Waals surface area contributed by atoms with Crippen molar-refractivity contribution >= 4 is 39.0 Å². The van der Waals surface area contributed by atoms with Crippen molar-refractivity contribution in [2.45, 2.75) is 30.7 Å². The fourth-order valence-electron chi connectivity index (χ4n) is 1.96. The minimum atomic E-state index is 0.510. The summed E-state index contributed by atoms with van der Waals surface area (Å²) >= 11 is 7.46. The van der Waals surface area contributed by atoms with E-state index in [4.69, 9.17) is 0 Å². The molecule has 1 aromatic heterocycles. The topological polar surface area (TPSA) is 12.0 Å². The summed E-state index contributed by atoms with van der Waals surface area (Å²) in [7, 11) is 2.06. The fourth-order valence-corrected chi connectivity index (χ4v) is 4.67. The van der Waals surface area contributed by atoms with Gasteiger partial charge in [-0.15, -0.1) is 23.1 Å². The predicted molar refractivity (Wildman–Crippen MR) is 95.1 cm³/mol. The van der Waals surface area contributed by atoms with Gasteiger partial charge in [0.15, 0.2) is 0 Å². The molecule has 0 aliphatic carbocycles. The lowest BCUT2D eigenvalue weighted by atomic mass is 10.2. The van der Waals surface area contributed by atoms with Crippen LogP contribution in [0.1, 0.15) is 16.7 Å². The molecule has 20 heavy (non-hydrogen) atoms. The summed E-state index contributed by atoms with van der Waals surface area (Å²) in [6, 6.07) is 13.5. The maximum Gasteiger partial charge on any atom is 0.0311 e. The van der Waals surface area contributed by atoms with Crippen LogP contribution in [0.5, 0.6) is 0 Å². The standard InChI is InChI=1S/C16H20BrNS2/c1-3-13-8-9-14(20-13)10-12(18-2)11-19-16-7-5-4-6-15(16)17/h4-9,12,18H,3,10-11H2,1-2H3. The van der Waals surface area contributed by atoms with Gasteiger partial charge in [0.1, 0.15) is 0 Å². The van der Waals surface area contributed by atoms with E-state index in [1.165, 1.54) is 19.1 Å². The van der Waals surface area contributed by atoms with E-state index < -0.39 is 0 Å². The highest BCUT2D eigenvalue weighted by Gasteiger charge is 2.10. The maximum atomic E-state index is 3.61. The van der Waals surface area contributed by atoms with Gasteiger partial charge in [0.05, 0.1) is 0 Å². The monoisotopic (exact) mass is 369 g/mol. The summed E-state index contributed by atoms with van der Waals surface area (Å²) < 4.78 is 1.18. The number of rotatable bonds is 7. The lowest BCUT2D eigenvalue weighted by Crippen LogP contribution is -2.29. The van der Waals surface area contributed by atoms with Gasteiger partial charge in [0.2, 0.25) is 0 Å². The Morgan fingerprint density at radius 2 is 1.95 bits per heavy atom. The van der Waals surface area contributed by atoms with E-state index in [9.17, 15) is 0 Å². The molecule has 0 fully saturated rings. The average molecular weight is 370 g/mol. The molecular formula is C16H20BrNS2. The molecular weight excluding hydrogens is 350 g/mol. The SMILES string of the molecule is CCc1ccc(CC(CSc2ccccc2Br)NC)s1. The van der Waals surface area contributed by atoms with Crippen LogP contribution < -0.4 is 5.32 Å². The van der Waals surface area contributed by atoms with Crippen LogP contribution in [0.4, 0.5) is 0 Å². The molecule has 0 saturated carbocycles. The molecule has 2 aromatic rings. The van der Waals surface area contributed by atoms with Gasteiger partial charge < -0.3 is 5.32 Å². The van der Waals surface area contributed by atoms with E-state index in [1.54, 1.807) is 0 Å². The molecule has 1 aromatic carbocycles. The zero-order chi connectivity index (χ0) is 14.4. The van der Waals surface area contributed by atoms with Gasteiger partial charge in [-0.05, 0) is 60.1 Å². The highest BCUT2D eigenvalue weighted by molar-refractivity contribution is 9.10. The number of thiophene rings is 1. The highest BCUT2D eigenvalue weighted by atomic mass is 79.9. The van der Waals surface area contributed by atoms with Crippen LogP contribution in [0.3, 0.4) is 0 Å². The Hall–Kier alpha value is -0.290. The third-order valence-corrected chi connectivity index (χ3v) is 6.64. The first-order valence-electron chi connectivity index (χ1n) is 6.85. The number of nitrogens with one attached hydrogen (secondary N) is 1. The minimum absolute atomic E-state index is 0.510. The summed E-state index contributed by atoms with van der Waals surface area (Å²) in [6.45, 7) is 2.22. The molecule has 4 heteroatoms. The number of thioether (sulfide) groups is 1. The zero-order valence-electron chi connectivity index (χ0n) is 11.9. The van der Waals surface area contributed by atoms with Crippen molar-refractivity contribution < 1.29 is 0 Å². The molecule has 1 unspecified atom stereocenters. The molecule has 1 nitrogen and oxygen atoms in total. The lowest BCUT2D eigenvalue weighted by molar-refractivity contribution is 0.622. The first-order chi connectivity index (χ1) is 9.72. The lowest BCUT2D eigenvalue weighted by Gasteiger charge is -2.15. The molecule has 0 spiro atoms. The number of halogens is 1. The fraction of sp³-hybridized carbons (Fsp3) is 0.375. The second-order valence-electron chi connectivity index (χ2n) is 4.65. The highest BCUT2D eigenvalue weighted by Crippen LogP contribution is 2.28. The van der Waals surface area contributed by atoms with Gasteiger partial charge in [-0.2, -0.15) is 0 Å². The van der Waals surface area contributed by atoms with Crippen LogP contribution in [0.2, 0.25) is 0 Å². The smallest absolute Gasteiger partial charge is 0.0311 e. The Labute approximate surface area is 138 Å². The summed E-state index contributed by atoms with van der Waals surface area (Å²) in [5.74, 6) is 1.08. The van der Waals surface area contributed by atoms with E-state index in [0.717, 1.165) is 18.6 Å². The first-order valence-corrected chi connectivity index (χ1v) is 9.44. The van der Waals surface area contributed by atoms with E-state index in [-0.39, 0.29) is 0 Å². The molecule has 0 saturated heterocycles. The molecule has 0 aliphatic heterocycles. The van der Waals surface area contributed by atoms with Crippen molar-refractivity contribution in [3.63, 3.8) is 0 Å². The predicted octanol–water partition coefficient (Wildman–Crippen LogP) is 5.00. The molecule has 1 atom stereocenters. The molecule has 0 amide bonds. The first kappa shape index (κ1) is 16.1. The third kappa shape index (κ3) is 4.62. The van der Waals surface area contributed by atoms with Crippen molar-refractivity contribution in [1.29, 1.82) is 0 Å². The molecule has 0 radical (unpaired) electrons. The van der Waals surface area contributed by atoms with Crippen LogP contribution >= 0.6 is 39.0 Å². The second-order valence-corrected chi connectivity index (χ2v) is 7.82. The largest absolute Gasteiger partial charge is 0.316 e. The van der Waals surface area contributed by atoms with Crippen LogP contribution in [-0.2, 0) is 12.8 Å². The molecule has 1 heterocycles. The van der Waals surface area contributed by atoms with Crippen molar-refractivity contribution in [2.24, 2.45) is 0 Å². The third-order valence-electron chi connectivity index (χ3n) is 3.20. The van der Waals surface area contributed by atoms with Gasteiger partial charge in [-0.3, -0.25) is 0 Å². The summed E-state index contributed by atoms with van der Waals surface area (Å²) in [5.41, 5.74) is 0. The quantitative estimate of drug-likeness (QED) is 0.689. The van der Waals surface area contributed by atoms with Gasteiger partial charge in [-0.1, -0.05) is 19.1 Å². The minimum Gasteiger partial charge on any atom is -0.316 e. The second kappa shape index (κ2) is 8.23. The van der Waals surface area contributed by atoms with E-state index in [1.807, 2.05) is 23.1 Å². The molecule has 108 valence electrons. The van der Waals surface area contributed by atoms with Gasteiger partial charge in [-0.25, -0.2) is 0 Å². The Morgan fingerprint density at radius 1 is 1.20 bits per heavy atom.